The molecule has 1 N–H and O–H groups in total. The van der Waals surface area contributed by atoms with Crippen LogP contribution in [-0.4, -0.2) is 31.1 Å². The lowest BCUT2D eigenvalue weighted by Crippen LogP contribution is -2.35. The fourth-order valence-corrected chi connectivity index (χ4v) is 2.88. The molecule has 1 saturated carbocycles. The molecule has 2 nitrogen and oxygen atoms in total. The predicted octanol–water partition coefficient (Wildman–Crippen LogP) is 3.41. The molecule has 0 heterocycles. The molecule has 3 heteroatoms. The second-order valence-corrected chi connectivity index (χ2v) is 6.14. The van der Waals surface area contributed by atoms with Gasteiger partial charge in [0.25, 0.3) is 0 Å². The Morgan fingerprint density at radius 3 is 2.56 bits per heavy atom. The highest BCUT2D eigenvalue weighted by atomic mass is 79.9. The van der Waals surface area contributed by atoms with Crippen molar-refractivity contribution in [2.24, 2.45) is 0 Å². The third-order valence-electron chi connectivity index (χ3n) is 3.83. The van der Waals surface area contributed by atoms with Crippen LogP contribution >= 0.6 is 15.9 Å². The van der Waals surface area contributed by atoms with E-state index in [1.807, 2.05) is 0 Å². The van der Waals surface area contributed by atoms with Crippen LogP contribution in [0.1, 0.15) is 31.2 Å². The van der Waals surface area contributed by atoms with Gasteiger partial charge in [0.2, 0.25) is 0 Å². The van der Waals surface area contributed by atoms with Crippen LogP contribution < -0.4 is 5.32 Å². The molecule has 1 aliphatic rings. The normalized spacial score (nSPS) is 16.6. The van der Waals surface area contributed by atoms with Gasteiger partial charge >= 0.3 is 0 Å². The van der Waals surface area contributed by atoms with Crippen LogP contribution in [0.15, 0.2) is 28.7 Å². The van der Waals surface area contributed by atoms with E-state index in [0.29, 0.717) is 0 Å². The molecule has 0 bridgehead atoms. The number of hydrogen-bond acceptors (Lipinski definition) is 2. The lowest BCUT2D eigenvalue weighted by atomic mass is 10.2. The fraction of sp³-hybridized carbons (Fsp3) is 0.600. The maximum atomic E-state index is 3.52. The van der Waals surface area contributed by atoms with E-state index in [9.17, 15) is 0 Å². The van der Waals surface area contributed by atoms with Crippen molar-refractivity contribution >= 4 is 15.9 Å². The number of likely N-dealkylation sites (N-methyl/N-ethyl adjacent to an activating group) is 1. The zero-order valence-electron chi connectivity index (χ0n) is 11.2. The summed E-state index contributed by atoms with van der Waals surface area (Å²) in [5, 5.41) is 3.52. The Bertz CT molecular complexity index is 344. The number of rotatable bonds is 6. The highest BCUT2D eigenvalue weighted by Crippen LogP contribution is 2.21. The van der Waals surface area contributed by atoms with E-state index < -0.39 is 0 Å². The Hall–Kier alpha value is -0.380. The molecule has 0 aliphatic heterocycles. The summed E-state index contributed by atoms with van der Waals surface area (Å²) in [6.45, 7) is 3.19. The molecule has 0 aromatic heterocycles. The first kappa shape index (κ1) is 14.0. The maximum Gasteiger partial charge on any atom is 0.0206 e. The minimum absolute atomic E-state index is 0.833. The van der Waals surface area contributed by atoms with Gasteiger partial charge in [-0.05, 0) is 37.6 Å². The Labute approximate surface area is 119 Å². The second-order valence-electron chi connectivity index (χ2n) is 5.22. The van der Waals surface area contributed by atoms with E-state index >= 15 is 0 Å². The van der Waals surface area contributed by atoms with Crippen LogP contribution in [0, 0.1) is 0 Å². The molecule has 1 aromatic rings. The number of benzene rings is 1. The molecule has 0 radical (unpaired) electrons. The van der Waals surface area contributed by atoms with Crippen LogP contribution in [0.2, 0.25) is 0 Å². The van der Waals surface area contributed by atoms with E-state index in [1.165, 1.54) is 31.2 Å². The minimum Gasteiger partial charge on any atom is -0.311 e. The molecule has 0 spiro atoms. The molecule has 0 unspecified atom stereocenters. The highest BCUT2D eigenvalue weighted by molar-refractivity contribution is 9.10. The van der Waals surface area contributed by atoms with Crippen molar-refractivity contribution in [2.75, 3.05) is 20.1 Å². The average molecular weight is 311 g/mol. The van der Waals surface area contributed by atoms with Gasteiger partial charge in [-0.25, -0.2) is 0 Å². The highest BCUT2D eigenvalue weighted by Gasteiger charge is 2.18. The largest absolute Gasteiger partial charge is 0.311 e. The summed E-state index contributed by atoms with van der Waals surface area (Å²) in [4.78, 5) is 2.52. The molecule has 1 aromatic carbocycles. The Kier molecular flexibility index (Phi) is 5.67. The van der Waals surface area contributed by atoms with Gasteiger partial charge in [0, 0.05) is 30.1 Å². The Morgan fingerprint density at radius 2 is 1.89 bits per heavy atom. The van der Waals surface area contributed by atoms with Gasteiger partial charge in [-0.3, -0.25) is 0 Å². The van der Waals surface area contributed by atoms with Gasteiger partial charge in [-0.1, -0.05) is 40.9 Å². The molecule has 2 rings (SSSR count). The predicted molar refractivity (Wildman–Crippen MR) is 80.7 cm³/mol. The van der Waals surface area contributed by atoms with E-state index in [1.54, 1.807) is 0 Å². The monoisotopic (exact) mass is 310 g/mol. The molecule has 18 heavy (non-hydrogen) atoms. The molecule has 0 amide bonds. The van der Waals surface area contributed by atoms with E-state index in [4.69, 9.17) is 0 Å². The second kappa shape index (κ2) is 7.27. The summed E-state index contributed by atoms with van der Waals surface area (Å²) in [5.41, 5.74) is 1.35. The van der Waals surface area contributed by atoms with Crippen molar-refractivity contribution in [1.82, 2.24) is 10.2 Å². The molecule has 1 fully saturated rings. The van der Waals surface area contributed by atoms with E-state index in [-0.39, 0.29) is 0 Å². The van der Waals surface area contributed by atoms with Gasteiger partial charge in [-0.2, -0.15) is 0 Å². The van der Waals surface area contributed by atoms with Crippen molar-refractivity contribution in [3.05, 3.63) is 34.3 Å². The lowest BCUT2D eigenvalue weighted by Gasteiger charge is -2.23. The van der Waals surface area contributed by atoms with Crippen LogP contribution in [0.3, 0.4) is 0 Å². The Morgan fingerprint density at radius 1 is 1.22 bits per heavy atom. The molecular formula is C15H23BrN2. The van der Waals surface area contributed by atoms with Gasteiger partial charge in [0.05, 0.1) is 0 Å². The van der Waals surface area contributed by atoms with Crippen molar-refractivity contribution in [2.45, 2.75) is 38.3 Å². The standard InChI is InChI=1S/C15H23BrN2/c1-18(15-4-2-3-5-15)11-10-17-12-13-6-8-14(16)9-7-13/h6-9,15,17H,2-5,10-12H2,1H3. The van der Waals surface area contributed by atoms with Crippen LogP contribution in [0.25, 0.3) is 0 Å². The Balaban J connectivity index is 1.62. The molecule has 100 valence electrons. The van der Waals surface area contributed by atoms with Crippen molar-refractivity contribution < 1.29 is 0 Å². The quantitative estimate of drug-likeness (QED) is 0.810. The van der Waals surface area contributed by atoms with Gasteiger partial charge in [0.15, 0.2) is 0 Å². The number of nitrogens with one attached hydrogen (secondary N) is 1. The smallest absolute Gasteiger partial charge is 0.0206 e. The van der Waals surface area contributed by atoms with Gasteiger partial charge in [0.1, 0.15) is 0 Å². The molecular weight excluding hydrogens is 288 g/mol. The van der Waals surface area contributed by atoms with Crippen LogP contribution in [0.5, 0.6) is 0 Å². The lowest BCUT2D eigenvalue weighted by molar-refractivity contribution is 0.245. The average Bonchev–Trinajstić information content (AvgIpc) is 2.90. The number of nitrogens with zero attached hydrogens (tertiary/aromatic N) is 1. The number of hydrogen-bond donors (Lipinski definition) is 1. The van der Waals surface area contributed by atoms with Crippen molar-refractivity contribution in [1.29, 1.82) is 0 Å². The molecule has 1 aliphatic carbocycles. The minimum atomic E-state index is 0.833. The number of halogens is 1. The first-order chi connectivity index (χ1) is 8.75. The van der Waals surface area contributed by atoms with Crippen molar-refractivity contribution in [3.63, 3.8) is 0 Å². The summed E-state index contributed by atoms with van der Waals surface area (Å²) in [6, 6.07) is 9.36. The van der Waals surface area contributed by atoms with Crippen LogP contribution in [-0.2, 0) is 6.54 Å². The fourth-order valence-electron chi connectivity index (χ4n) is 2.62. The van der Waals surface area contributed by atoms with E-state index in [2.05, 4.69) is 57.5 Å². The third-order valence-corrected chi connectivity index (χ3v) is 4.36. The third kappa shape index (κ3) is 4.38. The first-order valence-electron chi connectivity index (χ1n) is 6.91. The molecule has 0 atom stereocenters. The summed E-state index contributed by atoms with van der Waals surface area (Å²) >= 11 is 3.46. The molecule has 0 saturated heterocycles. The van der Waals surface area contributed by atoms with Crippen molar-refractivity contribution in [3.8, 4) is 0 Å². The van der Waals surface area contributed by atoms with E-state index in [0.717, 1.165) is 30.1 Å². The summed E-state index contributed by atoms with van der Waals surface area (Å²) < 4.78 is 1.15. The summed E-state index contributed by atoms with van der Waals surface area (Å²) in [6.07, 6.45) is 5.62. The summed E-state index contributed by atoms with van der Waals surface area (Å²) in [7, 11) is 2.26. The van der Waals surface area contributed by atoms with Gasteiger partial charge < -0.3 is 10.2 Å². The zero-order chi connectivity index (χ0) is 12.8. The maximum absolute atomic E-state index is 3.52. The SMILES string of the molecule is CN(CCNCc1ccc(Br)cc1)C1CCCC1. The van der Waals surface area contributed by atoms with Crippen LogP contribution in [0.4, 0.5) is 0 Å². The topological polar surface area (TPSA) is 15.3 Å². The summed E-state index contributed by atoms with van der Waals surface area (Å²) in [5.74, 6) is 0. The van der Waals surface area contributed by atoms with Gasteiger partial charge in [-0.15, -0.1) is 0 Å². The first-order valence-corrected chi connectivity index (χ1v) is 7.70. The zero-order valence-corrected chi connectivity index (χ0v) is 12.7.